The molecule has 1 aromatic carbocycles. The zero-order valence-corrected chi connectivity index (χ0v) is 10.6. The Morgan fingerprint density at radius 2 is 2.00 bits per heavy atom. The summed E-state index contributed by atoms with van der Waals surface area (Å²) < 4.78 is 4.74. The van der Waals surface area contributed by atoms with E-state index in [4.69, 9.17) is 4.74 Å². The highest BCUT2D eigenvalue weighted by Gasteiger charge is 2.18. The van der Waals surface area contributed by atoms with E-state index in [0.29, 0.717) is 0 Å². The quantitative estimate of drug-likeness (QED) is 0.203. The number of nitrogens with zero attached hydrogens (tertiary/aromatic N) is 1. The molecule has 0 unspecified atom stereocenters. The van der Waals surface area contributed by atoms with Crippen LogP contribution in [0.4, 0.5) is 5.69 Å². The van der Waals surface area contributed by atoms with Gasteiger partial charge in [-0.2, -0.15) is 0 Å². The second kappa shape index (κ2) is 6.44. The standard InChI is InChI=1S/C13H13NO5/c1-3-19-13(16)11(9(2)15)8-10-6-4-5-7-12(10)14(17)18/h4-8H,3H2,1-2H3/b11-8+. The van der Waals surface area contributed by atoms with E-state index in [0.717, 1.165) is 0 Å². The molecule has 100 valence electrons. The van der Waals surface area contributed by atoms with Crippen LogP contribution in [0.15, 0.2) is 29.8 Å². The van der Waals surface area contributed by atoms with Crippen molar-refractivity contribution in [2.24, 2.45) is 0 Å². The number of hydrogen-bond donors (Lipinski definition) is 0. The van der Waals surface area contributed by atoms with E-state index < -0.39 is 16.7 Å². The molecule has 0 spiro atoms. The fourth-order valence-corrected chi connectivity index (χ4v) is 1.44. The van der Waals surface area contributed by atoms with Crippen molar-refractivity contribution in [2.45, 2.75) is 13.8 Å². The molecule has 0 atom stereocenters. The van der Waals surface area contributed by atoms with E-state index in [1.807, 2.05) is 0 Å². The van der Waals surface area contributed by atoms with Gasteiger partial charge in [-0.05, 0) is 26.0 Å². The minimum absolute atomic E-state index is 0.125. The maximum absolute atomic E-state index is 11.6. The predicted molar refractivity (Wildman–Crippen MR) is 68.4 cm³/mol. The number of para-hydroxylation sites is 1. The average Bonchev–Trinajstić information content (AvgIpc) is 2.36. The van der Waals surface area contributed by atoms with E-state index in [1.165, 1.54) is 31.2 Å². The second-order valence-electron chi connectivity index (χ2n) is 3.65. The van der Waals surface area contributed by atoms with Gasteiger partial charge in [0.05, 0.1) is 17.1 Å². The van der Waals surface area contributed by atoms with Gasteiger partial charge < -0.3 is 4.74 Å². The van der Waals surface area contributed by atoms with Crippen LogP contribution < -0.4 is 0 Å². The first kappa shape index (κ1) is 14.6. The van der Waals surface area contributed by atoms with Gasteiger partial charge in [-0.1, -0.05) is 12.1 Å². The normalized spacial score (nSPS) is 10.9. The van der Waals surface area contributed by atoms with Gasteiger partial charge in [0.1, 0.15) is 5.57 Å². The van der Waals surface area contributed by atoms with Crippen molar-refractivity contribution in [3.63, 3.8) is 0 Å². The van der Waals surface area contributed by atoms with Crippen molar-refractivity contribution < 1.29 is 19.2 Å². The fourth-order valence-electron chi connectivity index (χ4n) is 1.44. The fraction of sp³-hybridized carbons (Fsp3) is 0.231. The van der Waals surface area contributed by atoms with Crippen LogP contribution in [0, 0.1) is 10.1 Å². The molecule has 1 rings (SSSR count). The molecule has 6 nitrogen and oxygen atoms in total. The lowest BCUT2D eigenvalue weighted by molar-refractivity contribution is -0.385. The maximum atomic E-state index is 11.6. The highest BCUT2D eigenvalue weighted by molar-refractivity contribution is 6.20. The number of esters is 1. The van der Waals surface area contributed by atoms with Gasteiger partial charge in [-0.3, -0.25) is 14.9 Å². The minimum Gasteiger partial charge on any atom is -0.462 e. The molecule has 1 aromatic rings. The first-order valence-corrected chi connectivity index (χ1v) is 5.60. The molecule has 19 heavy (non-hydrogen) atoms. The topological polar surface area (TPSA) is 86.5 Å². The van der Waals surface area contributed by atoms with E-state index in [1.54, 1.807) is 13.0 Å². The van der Waals surface area contributed by atoms with Crippen molar-refractivity contribution in [1.29, 1.82) is 0 Å². The number of benzene rings is 1. The third-order valence-electron chi connectivity index (χ3n) is 2.31. The van der Waals surface area contributed by atoms with Crippen molar-refractivity contribution in [2.75, 3.05) is 6.61 Å². The smallest absolute Gasteiger partial charge is 0.341 e. The number of ether oxygens (including phenoxy) is 1. The zero-order valence-electron chi connectivity index (χ0n) is 10.6. The highest BCUT2D eigenvalue weighted by atomic mass is 16.6. The molecule has 6 heteroatoms. The van der Waals surface area contributed by atoms with Gasteiger partial charge in [0.25, 0.3) is 5.69 Å². The number of nitro benzene ring substituents is 1. The third-order valence-corrected chi connectivity index (χ3v) is 2.31. The Bertz CT molecular complexity index is 548. The van der Waals surface area contributed by atoms with Crippen LogP contribution in [0.2, 0.25) is 0 Å². The summed E-state index contributed by atoms with van der Waals surface area (Å²) in [6.45, 7) is 2.94. The van der Waals surface area contributed by atoms with E-state index >= 15 is 0 Å². The Morgan fingerprint density at radius 1 is 1.37 bits per heavy atom. The first-order valence-electron chi connectivity index (χ1n) is 5.60. The Labute approximate surface area is 109 Å². The lowest BCUT2D eigenvalue weighted by Gasteiger charge is -2.04. The molecule has 0 aliphatic carbocycles. The summed E-state index contributed by atoms with van der Waals surface area (Å²) in [5, 5.41) is 10.8. The van der Waals surface area contributed by atoms with Gasteiger partial charge in [0.15, 0.2) is 5.78 Å². The van der Waals surface area contributed by atoms with Gasteiger partial charge in [-0.25, -0.2) is 4.79 Å². The molecule has 0 radical (unpaired) electrons. The van der Waals surface area contributed by atoms with Gasteiger partial charge in [-0.15, -0.1) is 0 Å². The molecule has 0 aliphatic heterocycles. The monoisotopic (exact) mass is 263 g/mol. The number of carbonyl (C=O) groups excluding carboxylic acids is 2. The summed E-state index contributed by atoms with van der Waals surface area (Å²) in [4.78, 5) is 33.3. The third kappa shape index (κ3) is 3.74. The summed E-state index contributed by atoms with van der Waals surface area (Å²) in [6, 6.07) is 5.85. The van der Waals surface area contributed by atoms with Gasteiger partial charge in [0, 0.05) is 6.07 Å². The number of carbonyl (C=O) groups is 2. The molecule has 0 fully saturated rings. The minimum atomic E-state index is -0.784. The molecule has 0 saturated carbocycles. The number of nitro groups is 1. The molecule has 0 N–H and O–H groups in total. The van der Waals surface area contributed by atoms with Crippen molar-refractivity contribution in [3.05, 3.63) is 45.5 Å². The van der Waals surface area contributed by atoms with Crippen molar-refractivity contribution in [3.8, 4) is 0 Å². The SMILES string of the molecule is CCOC(=O)/C(=C/c1ccccc1[N+](=O)[O-])C(C)=O. The Kier molecular flexibility index (Phi) is 4.93. The lowest BCUT2D eigenvalue weighted by atomic mass is 10.1. The number of hydrogen-bond acceptors (Lipinski definition) is 5. The average molecular weight is 263 g/mol. The lowest BCUT2D eigenvalue weighted by Crippen LogP contribution is -2.13. The molecule has 0 heterocycles. The second-order valence-corrected chi connectivity index (χ2v) is 3.65. The summed E-state index contributed by atoms with van der Waals surface area (Å²) in [6.07, 6.45) is 1.18. The number of Topliss-reactive ketones (excluding diaryl/α,β-unsaturated/α-hetero) is 1. The summed E-state index contributed by atoms with van der Waals surface area (Å²) in [7, 11) is 0. The van der Waals surface area contributed by atoms with E-state index in [-0.39, 0.29) is 23.4 Å². The molecular weight excluding hydrogens is 250 g/mol. The predicted octanol–water partition coefficient (Wildman–Crippen LogP) is 2.13. The first-order chi connectivity index (χ1) is 8.97. The molecular formula is C13H13NO5. The summed E-state index contributed by atoms with van der Waals surface area (Å²) in [5.74, 6) is -1.29. The molecule has 0 amide bonds. The van der Waals surface area contributed by atoms with Gasteiger partial charge >= 0.3 is 5.97 Å². The molecule has 0 aliphatic rings. The van der Waals surface area contributed by atoms with Crippen LogP contribution in [-0.4, -0.2) is 23.3 Å². The Hall–Kier alpha value is -2.50. The maximum Gasteiger partial charge on any atom is 0.341 e. The van der Waals surface area contributed by atoms with Crippen molar-refractivity contribution in [1.82, 2.24) is 0 Å². The number of ketones is 1. The molecule has 0 saturated heterocycles. The Balaban J connectivity index is 3.27. The molecule has 0 aromatic heterocycles. The summed E-state index contributed by atoms with van der Waals surface area (Å²) >= 11 is 0. The van der Waals surface area contributed by atoms with Crippen LogP contribution in [0.1, 0.15) is 19.4 Å². The van der Waals surface area contributed by atoms with E-state index in [9.17, 15) is 19.7 Å². The van der Waals surface area contributed by atoms with E-state index in [2.05, 4.69) is 0 Å². The van der Waals surface area contributed by atoms with Crippen LogP contribution >= 0.6 is 0 Å². The van der Waals surface area contributed by atoms with Gasteiger partial charge in [0.2, 0.25) is 0 Å². The zero-order chi connectivity index (χ0) is 14.4. The van der Waals surface area contributed by atoms with Crippen LogP contribution in [0.25, 0.3) is 6.08 Å². The van der Waals surface area contributed by atoms with Crippen LogP contribution in [0.5, 0.6) is 0 Å². The van der Waals surface area contributed by atoms with Crippen LogP contribution in [-0.2, 0) is 14.3 Å². The number of rotatable bonds is 5. The van der Waals surface area contributed by atoms with Crippen molar-refractivity contribution >= 4 is 23.5 Å². The highest BCUT2D eigenvalue weighted by Crippen LogP contribution is 2.21. The molecule has 0 bridgehead atoms. The Morgan fingerprint density at radius 3 is 2.53 bits per heavy atom. The van der Waals surface area contributed by atoms with Crippen LogP contribution in [0.3, 0.4) is 0 Å². The summed E-state index contributed by atoms with van der Waals surface area (Å²) in [5.41, 5.74) is -0.201. The largest absolute Gasteiger partial charge is 0.462 e.